The molecular weight excluding hydrogens is 366 g/mol. The average molecular weight is 386 g/mol. The van der Waals surface area contributed by atoms with Crippen molar-refractivity contribution in [1.82, 2.24) is 9.78 Å². The van der Waals surface area contributed by atoms with Crippen LogP contribution in [0.2, 0.25) is 5.02 Å². The number of hydrogen-bond acceptors (Lipinski definition) is 4. The molecule has 140 valence electrons. The molecule has 0 saturated carbocycles. The average Bonchev–Trinajstić information content (AvgIpc) is 2.95. The van der Waals surface area contributed by atoms with Crippen molar-refractivity contribution in [1.29, 1.82) is 0 Å². The lowest BCUT2D eigenvalue weighted by Crippen LogP contribution is -2.13. The zero-order chi connectivity index (χ0) is 19.6. The Morgan fingerprint density at radius 2 is 1.81 bits per heavy atom. The first-order chi connectivity index (χ1) is 12.9. The number of aromatic nitrogens is 2. The van der Waals surface area contributed by atoms with Gasteiger partial charge in [0.1, 0.15) is 0 Å². The normalized spacial score (nSPS) is 10.6. The summed E-state index contributed by atoms with van der Waals surface area (Å²) in [5, 5.41) is 7.91. The van der Waals surface area contributed by atoms with Gasteiger partial charge in [0.2, 0.25) is 0 Å². The molecule has 0 radical (unpaired) electrons. The van der Waals surface area contributed by atoms with Gasteiger partial charge in [0.15, 0.2) is 11.5 Å². The van der Waals surface area contributed by atoms with E-state index in [1.165, 1.54) is 0 Å². The summed E-state index contributed by atoms with van der Waals surface area (Å²) < 4.78 is 12.2. The van der Waals surface area contributed by atoms with E-state index in [0.29, 0.717) is 27.8 Å². The molecule has 1 N–H and O–H groups in total. The minimum atomic E-state index is -0.239. The van der Waals surface area contributed by atoms with Gasteiger partial charge in [0.25, 0.3) is 5.91 Å². The van der Waals surface area contributed by atoms with Gasteiger partial charge in [-0.2, -0.15) is 5.10 Å². The molecule has 3 aromatic rings. The molecule has 1 heterocycles. The quantitative estimate of drug-likeness (QED) is 0.706. The van der Waals surface area contributed by atoms with E-state index in [0.717, 1.165) is 17.1 Å². The highest BCUT2D eigenvalue weighted by atomic mass is 35.5. The van der Waals surface area contributed by atoms with Crippen LogP contribution in [0.5, 0.6) is 11.5 Å². The van der Waals surface area contributed by atoms with E-state index < -0.39 is 0 Å². The Hall–Kier alpha value is -2.99. The van der Waals surface area contributed by atoms with Crippen LogP contribution < -0.4 is 14.8 Å². The fraction of sp³-hybridized carbons (Fsp3) is 0.200. The number of aryl methyl sites for hydroxylation is 1. The van der Waals surface area contributed by atoms with E-state index in [1.807, 2.05) is 26.0 Å². The number of nitrogens with zero attached hydrogens (tertiary/aromatic N) is 2. The molecule has 0 aliphatic rings. The van der Waals surface area contributed by atoms with E-state index in [1.54, 1.807) is 49.2 Å². The van der Waals surface area contributed by atoms with Crippen molar-refractivity contribution in [3.63, 3.8) is 0 Å². The maximum Gasteiger partial charge on any atom is 0.255 e. The number of anilines is 1. The predicted molar refractivity (Wildman–Crippen MR) is 106 cm³/mol. The molecule has 0 aliphatic carbocycles. The Labute approximate surface area is 162 Å². The van der Waals surface area contributed by atoms with E-state index in [2.05, 4.69) is 10.4 Å². The zero-order valence-electron chi connectivity index (χ0n) is 15.5. The van der Waals surface area contributed by atoms with Gasteiger partial charge in [-0.05, 0) is 44.2 Å². The number of nitrogens with one attached hydrogen (secondary N) is 1. The summed E-state index contributed by atoms with van der Waals surface area (Å²) in [7, 11) is 3.11. The van der Waals surface area contributed by atoms with Crippen molar-refractivity contribution >= 4 is 23.2 Å². The van der Waals surface area contributed by atoms with Gasteiger partial charge in [0, 0.05) is 17.3 Å². The molecule has 6 nitrogen and oxygen atoms in total. The van der Waals surface area contributed by atoms with Gasteiger partial charge in [-0.3, -0.25) is 4.79 Å². The molecule has 7 heteroatoms. The number of methoxy groups -OCH3 is 2. The molecule has 0 aliphatic heterocycles. The summed E-state index contributed by atoms with van der Waals surface area (Å²) in [6.45, 7) is 3.73. The number of amides is 1. The monoisotopic (exact) mass is 385 g/mol. The number of hydrogen-bond donors (Lipinski definition) is 1. The Morgan fingerprint density at radius 3 is 2.44 bits per heavy atom. The first-order valence-electron chi connectivity index (χ1n) is 8.30. The van der Waals surface area contributed by atoms with Gasteiger partial charge >= 0.3 is 0 Å². The third-order valence-corrected chi connectivity index (χ3v) is 4.74. The number of carbonyl (C=O) groups is 1. The van der Waals surface area contributed by atoms with Crippen LogP contribution in [-0.2, 0) is 0 Å². The fourth-order valence-corrected chi connectivity index (χ4v) is 2.89. The molecule has 2 aromatic carbocycles. The summed E-state index contributed by atoms with van der Waals surface area (Å²) in [6.07, 6.45) is 0. The van der Waals surface area contributed by atoms with Gasteiger partial charge in [-0.25, -0.2) is 4.68 Å². The molecule has 0 atom stereocenters. The topological polar surface area (TPSA) is 65.4 Å². The molecule has 0 fully saturated rings. The summed E-state index contributed by atoms with van der Waals surface area (Å²) in [6, 6.07) is 12.4. The first kappa shape index (κ1) is 18.8. The van der Waals surface area contributed by atoms with Crippen LogP contribution in [0.4, 0.5) is 5.69 Å². The molecule has 1 amide bonds. The van der Waals surface area contributed by atoms with Crippen LogP contribution in [0.25, 0.3) is 5.69 Å². The van der Waals surface area contributed by atoms with Gasteiger partial charge < -0.3 is 14.8 Å². The number of benzene rings is 2. The minimum Gasteiger partial charge on any atom is -0.493 e. The van der Waals surface area contributed by atoms with Crippen LogP contribution in [0.1, 0.15) is 21.7 Å². The fourth-order valence-electron chi connectivity index (χ4n) is 2.77. The van der Waals surface area contributed by atoms with Crippen LogP contribution >= 0.6 is 11.6 Å². The molecule has 0 saturated heterocycles. The number of halogens is 1. The standard InChI is InChI=1S/C20H20ClN3O3/c1-12-19(21)13(2)24(23-12)16-7-5-6-14(10-16)20(25)22-15-8-9-17(26-3)18(11-15)27-4/h5-11H,1-4H3,(H,22,25). The Kier molecular flexibility index (Phi) is 5.37. The second kappa shape index (κ2) is 7.72. The van der Waals surface area contributed by atoms with Crippen molar-refractivity contribution in [3.8, 4) is 17.2 Å². The van der Waals surface area contributed by atoms with Gasteiger partial charge in [-0.15, -0.1) is 0 Å². The highest BCUT2D eigenvalue weighted by Crippen LogP contribution is 2.30. The van der Waals surface area contributed by atoms with Gasteiger partial charge in [-0.1, -0.05) is 17.7 Å². The van der Waals surface area contributed by atoms with Crippen LogP contribution in [-0.4, -0.2) is 29.9 Å². The highest BCUT2D eigenvalue weighted by Gasteiger charge is 2.13. The van der Waals surface area contributed by atoms with Crippen molar-refractivity contribution in [2.45, 2.75) is 13.8 Å². The van der Waals surface area contributed by atoms with Gasteiger partial charge in [0.05, 0.1) is 36.3 Å². The van der Waals surface area contributed by atoms with Crippen molar-refractivity contribution in [3.05, 3.63) is 64.4 Å². The summed E-state index contributed by atoms with van der Waals surface area (Å²) in [5.41, 5.74) is 3.45. The summed E-state index contributed by atoms with van der Waals surface area (Å²) >= 11 is 6.23. The maximum atomic E-state index is 12.7. The van der Waals surface area contributed by atoms with E-state index in [9.17, 15) is 4.79 Å². The van der Waals surface area contributed by atoms with E-state index >= 15 is 0 Å². The highest BCUT2D eigenvalue weighted by molar-refractivity contribution is 6.31. The van der Waals surface area contributed by atoms with Crippen LogP contribution in [0.15, 0.2) is 42.5 Å². The largest absolute Gasteiger partial charge is 0.493 e. The SMILES string of the molecule is COc1ccc(NC(=O)c2cccc(-n3nc(C)c(Cl)c3C)c2)cc1OC. The number of carbonyl (C=O) groups excluding carboxylic acids is 1. The Morgan fingerprint density at radius 1 is 1.07 bits per heavy atom. The second-order valence-electron chi connectivity index (χ2n) is 5.97. The Bertz CT molecular complexity index is 998. The van der Waals surface area contributed by atoms with Crippen molar-refractivity contribution in [2.24, 2.45) is 0 Å². The summed E-state index contributed by atoms with van der Waals surface area (Å²) in [4.78, 5) is 12.7. The minimum absolute atomic E-state index is 0.239. The molecule has 0 unspecified atom stereocenters. The summed E-state index contributed by atoms with van der Waals surface area (Å²) in [5.74, 6) is 0.900. The first-order valence-corrected chi connectivity index (χ1v) is 8.68. The van der Waals surface area contributed by atoms with Crippen molar-refractivity contribution in [2.75, 3.05) is 19.5 Å². The maximum absolute atomic E-state index is 12.7. The molecule has 1 aromatic heterocycles. The molecular formula is C20H20ClN3O3. The second-order valence-corrected chi connectivity index (χ2v) is 6.35. The number of ether oxygens (including phenoxy) is 2. The molecule has 3 rings (SSSR count). The molecule has 0 spiro atoms. The number of rotatable bonds is 5. The molecule has 0 bridgehead atoms. The smallest absolute Gasteiger partial charge is 0.255 e. The molecule has 27 heavy (non-hydrogen) atoms. The van der Waals surface area contributed by atoms with Crippen LogP contribution in [0, 0.1) is 13.8 Å². The lowest BCUT2D eigenvalue weighted by atomic mass is 10.1. The third kappa shape index (κ3) is 3.75. The van der Waals surface area contributed by atoms with E-state index in [4.69, 9.17) is 21.1 Å². The van der Waals surface area contributed by atoms with E-state index in [-0.39, 0.29) is 5.91 Å². The Balaban J connectivity index is 1.87. The third-order valence-electron chi connectivity index (χ3n) is 4.20. The van der Waals surface area contributed by atoms with Crippen molar-refractivity contribution < 1.29 is 14.3 Å². The lowest BCUT2D eigenvalue weighted by molar-refractivity contribution is 0.102. The predicted octanol–water partition coefficient (Wildman–Crippen LogP) is 4.41. The lowest BCUT2D eigenvalue weighted by Gasteiger charge is -2.11. The zero-order valence-corrected chi connectivity index (χ0v) is 16.3. The van der Waals surface area contributed by atoms with Crippen LogP contribution in [0.3, 0.4) is 0 Å².